The number of fused-ring (bicyclic) bond motifs is 1. The minimum atomic E-state index is 0.139. The molecule has 0 bridgehead atoms. The number of aromatic nitrogens is 1. The average molecular weight is 231 g/mol. The SMILES string of the molecule is Nc1cnccc1NC(=O)C1C2CCCCC21. The average Bonchev–Trinajstić information content (AvgIpc) is 3.06. The molecule has 2 unspecified atom stereocenters. The molecule has 0 radical (unpaired) electrons. The van der Waals surface area contributed by atoms with Crippen LogP contribution in [0.2, 0.25) is 0 Å². The van der Waals surface area contributed by atoms with Crippen molar-refractivity contribution in [2.75, 3.05) is 11.1 Å². The molecule has 2 saturated carbocycles. The Kier molecular flexibility index (Phi) is 2.50. The zero-order valence-corrected chi connectivity index (χ0v) is 9.73. The number of amides is 1. The van der Waals surface area contributed by atoms with Gasteiger partial charge in [-0.1, -0.05) is 12.8 Å². The quantitative estimate of drug-likeness (QED) is 0.818. The molecule has 1 aromatic rings. The van der Waals surface area contributed by atoms with Crippen LogP contribution >= 0.6 is 0 Å². The fraction of sp³-hybridized carbons (Fsp3) is 0.538. The van der Waals surface area contributed by atoms with Crippen molar-refractivity contribution in [3.8, 4) is 0 Å². The van der Waals surface area contributed by atoms with Crippen molar-refractivity contribution in [3.05, 3.63) is 18.5 Å². The highest BCUT2D eigenvalue weighted by atomic mass is 16.2. The molecule has 1 heterocycles. The molecule has 2 aliphatic carbocycles. The molecular formula is C13H17N3O. The van der Waals surface area contributed by atoms with Crippen LogP contribution in [0.5, 0.6) is 0 Å². The highest BCUT2D eigenvalue weighted by Gasteiger charge is 2.54. The maximum absolute atomic E-state index is 12.1. The van der Waals surface area contributed by atoms with Crippen molar-refractivity contribution in [2.24, 2.45) is 17.8 Å². The Morgan fingerprint density at radius 1 is 1.35 bits per heavy atom. The molecule has 90 valence electrons. The summed E-state index contributed by atoms with van der Waals surface area (Å²) in [6.45, 7) is 0. The number of nitrogens with two attached hydrogens (primary N) is 1. The van der Waals surface area contributed by atoms with Gasteiger partial charge in [0.05, 0.1) is 17.6 Å². The summed E-state index contributed by atoms with van der Waals surface area (Å²) >= 11 is 0. The fourth-order valence-corrected chi connectivity index (χ4v) is 3.12. The molecule has 4 nitrogen and oxygen atoms in total. The Morgan fingerprint density at radius 2 is 2.06 bits per heavy atom. The Labute approximate surface area is 101 Å². The summed E-state index contributed by atoms with van der Waals surface area (Å²) in [7, 11) is 0. The molecule has 3 N–H and O–H groups in total. The molecule has 1 aromatic heterocycles. The molecule has 3 rings (SSSR count). The Morgan fingerprint density at radius 3 is 2.71 bits per heavy atom. The van der Waals surface area contributed by atoms with Gasteiger partial charge < -0.3 is 11.1 Å². The van der Waals surface area contributed by atoms with E-state index in [1.165, 1.54) is 25.7 Å². The maximum Gasteiger partial charge on any atom is 0.228 e. The van der Waals surface area contributed by atoms with E-state index >= 15 is 0 Å². The molecule has 1 amide bonds. The predicted octanol–water partition coefficient (Wildman–Crippen LogP) is 2.04. The third-order valence-electron chi connectivity index (χ3n) is 4.07. The molecule has 0 aliphatic heterocycles. The van der Waals surface area contributed by atoms with Gasteiger partial charge in [-0.2, -0.15) is 0 Å². The van der Waals surface area contributed by atoms with Gasteiger partial charge in [-0.25, -0.2) is 0 Å². The summed E-state index contributed by atoms with van der Waals surface area (Å²) in [5.41, 5.74) is 6.98. The summed E-state index contributed by atoms with van der Waals surface area (Å²) in [5.74, 6) is 1.63. The maximum atomic E-state index is 12.1. The van der Waals surface area contributed by atoms with Crippen LogP contribution in [-0.4, -0.2) is 10.9 Å². The van der Waals surface area contributed by atoms with Gasteiger partial charge in [-0.05, 0) is 30.7 Å². The first-order chi connectivity index (χ1) is 8.27. The molecule has 2 atom stereocenters. The van der Waals surface area contributed by atoms with Gasteiger partial charge in [0, 0.05) is 12.1 Å². The summed E-state index contributed by atoms with van der Waals surface area (Å²) in [6.07, 6.45) is 8.20. The van der Waals surface area contributed by atoms with Crippen LogP contribution in [0.3, 0.4) is 0 Å². The first kappa shape index (κ1) is 10.6. The minimum absolute atomic E-state index is 0.139. The Bertz CT molecular complexity index is 434. The largest absolute Gasteiger partial charge is 0.396 e. The standard InChI is InChI=1S/C13H17N3O/c14-10-7-15-6-5-11(10)16-13(17)12-8-3-1-2-4-9(8)12/h5-9,12H,1-4,14H2,(H,15,16,17). The van der Waals surface area contributed by atoms with E-state index < -0.39 is 0 Å². The summed E-state index contributed by atoms with van der Waals surface area (Å²) in [4.78, 5) is 16.0. The number of pyridine rings is 1. The smallest absolute Gasteiger partial charge is 0.228 e. The lowest BCUT2D eigenvalue weighted by atomic mass is 10.0. The first-order valence-corrected chi connectivity index (χ1v) is 6.28. The van der Waals surface area contributed by atoms with Crippen LogP contribution < -0.4 is 11.1 Å². The second-order valence-electron chi connectivity index (χ2n) is 5.09. The van der Waals surface area contributed by atoms with Gasteiger partial charge in [0.1, 0.15) is 0 Å². The van der Waals surface area contributed by atoms with Crippen LogP contribution in [0.4, 0.5) is 11.4 Å². The molecule has 2 aliphatic rings. The lowest BCUT2D eigenvalue weighted by Crippen LogP contribution is -2.16. The predicted molar refractivity (Wildman–Crippen MR) is 66.2 cm³/mol. The van der Waals surface area contributed by atoms with E-state index in [0.717, 1.165) is 0 Å². The third-order valence-corrected chi connectivity index (χ3v) is 4.07. The summed E-state index contributed by atoms with van der Waals surface area (Å²) < 4.78 is 0. The van der Waals surface area contributed by atoms with Crippen molar-refractivity contribution < 1.29 is 4.79 Å². The van der Waals surface area contributed by atoms with E-state index in [9.17, 15) is 4.79 Å². The number of nitrogen functional groups attached to an aromatic ring is 1. The second-order valence-corrected chi connectivity index (χ2v) is 5.09. The molecule has 17 heavy (non-hydrogen) atoms. The van der Waals surface area contributed by atoms with Gasteiger partial charge in [-0.3, -0.25) is 9.78 Å². The fourth-order valence-electron chi connectivity index (χ4n) is 3.12. The topological polar surface area (TPSA) is 68.0 Å². The van der Waals surface area contributed by atoms with Crippen molar-refractivity contribution >= 4 is 17.3 Å². The van der Waals surface area contributed by atoms with Gasteiger partial charge in [0.15, 0.2) is 0 Å². The summed E-state index contributed by atoms with van der Waals surface area (Å²) in [5, 5.41) is 2.92. The van der Waals surface area contributed by atoms with Crippen LogP contribution in [0.25, 0.3) is 0 Å². The van der Waals surface area contributed by atoms with Crippen LogP contribution in [0.15, 0.2) is 18.5 Å². The third kappa shape index (κ3) is 1.88. The summed E-state index contributed by atoms with van der Waals surface area (Å²) in [6, 6.07) is 1.75. The number of carbonyl (C=O) groups is 1. The van der Waals surface area contributed by atoms with E-state index in [1.807, 2.05) is 0 Å². The van der Waals surface area contributed by atoms with Crippen molar-refractivity contribution in [2.45, 2.75) is 25.7 Å². The molecule has 0 spiro atoms. The van der Waals surface area contributed by atoms with Crippen molar-refractivity contribution in [3.63, 3.8) is 0 Å². The van der Waals surface area contributed by atoms with E-state index in [-0.39, 0.29) is 11.8 Å². The Hall–Kier alpha value is -1.58. The Balaban J connectivity index is 1.67. The van der Waals surface area contributed by atoms with E-state index in [1.54, 1.807) is 18.5 Å². The molecule has 0 saturated heterocycles. The normalized spacial score (nSPS) is 30.5. The minimum Gasteiger partial charge on any atom is -0.396 e. The number of hydrogen-bond acceptors (Lipinski definition) is 3. The van der Waals surface area contributed by atoms with Crippen LogP contribution in [0.1, 0.15) is 25.7 Å². The number of nitrogens with zero attached hydrogens (tertiary/aromatic N) is 1. The van der Waals surface area contributed by atoms with Crippen LogP contribution in [-0.2, 0) is 4.79 Å². The number of anilines is 2. The van der Waals surface area contributed by atoms with E-state index in [4.69, 9.17) is 5.73 Å². The number of hydrogen-bond donors (Lipinski definition) is 2. The van der Waals surface area contributed by atoms with Crippen molar-refractivity contribution in [1.82, 2.24) is 4.98 Å². The molecule has 0 aromatic carbocycles. The lowest BCUT2D eigenvalue weighted by Gasteiger charge is -2.06. The number of nitrogens with one attached hydrogen (secondary N) is 1. The van der Waals surface area contributed by atoms with Gasteiger partial charge >= 0.3 is 0 Å². The number of carbonyl (C=O) groups excluding carboxylic acids is 1. The second kappa shape index (κ2) is 4.02. The highest BCUT2D eigenvalue weighted by molar-refractivity contribution is 5.97. The molecule has 4 heteroatoms. The van der Waals surface area contributed by atoms with Crippen molar-refractivity contribution in [1.29, 1.82) is 0 Å². The molecular weight excluding hydrogens is 214 g/mol. The monoisotopic (exact) mass is 231 g/mol. The number of rotatable bonds is 2. The van der Waals surface area contributed by atoms with Gasteiger partial charge in [0.2, 0.25) is 5.91 Å². The van der Waals surface area contributed by atoms with Crippen LogP contribution in [0, 0.1) is 17.8 Å². The zero-order chi connectivity index (χ0) is 11.8. The van der Waals surface area contributed by atoms with E-state index in [2.05, 4.69) is 10.3 Å². The van der Waals surface area contributed by atoms with Gasteiger partial charge in [0.25, 0.3) is 0 Å². The first-order valence-electron chi connectivity index (χ1n) is 6.28. The zero-order valence-electron chi connectivity index (χ0n) is 9.73. The van der Waals surface area contributed by atoms with Gasteiger partial charge in [-0.15, -0.1) is 0 Å². The lowest BCUT2D eigenvalue weighted by molar-refractivity contribution is -0.117. The molecule has 2 fully saturated rings. The van der Waals surface area contributed by atoms with E-state index in [0.29, 0.717) is 23.2 Å². The highest BCUT2D eigenvalue weighted by Crippen LogP contribution is 2.55.